The topological polar surface area (TPSA) is 120 Å². The first kappa shape index (κ1) is 21.0. The van der Waals surface area contributed by atoms with Crippen molar-refractivity contribution < 1.29 is 32.2 Å². The Morgan fingerprint density at radius 2 is 1.50 bits per heavy atom. The Hall–Kier alpha value is -3.27. The monoisotopic (exact) mass is 408 g/mol. The van der Waals surface area contributed by atoms with Gasteiger partial charge in [0.15, 0.2) is 11.5 Å². The second kappa shape index (κ2) is 8.61. The predicted molar refractivity (Wildman–Crippen MR) is 102 cm³/mol. The minimum absolute atomic E-state index is 0.0320. The first-order chi connectivity index (χ1) is 13.2. The lowest BCUT2D eigenvalue weighted by Gasteiger charge is -2.15. The number of hydrogen-bond donors (Lipinski definition) is 2. The molecule has 0 radical (unpaired) electrons. The van der Waals surface area contributed by atoms with E-state index in [4.69, 9.17) is 14.2 Å². The van der Waals surface area contributed by atoms with Crippen LogP contribution in [0.1, 0.15) is 17.3 Å². The van der Waals surface area contributed by atoms with E-state index in [1.807, 2.05) is 0 Å². The van der Waals surface area contributed by atoms with Gasteiger partial charge in [0.1, 0.15) is 0 Å². The molecule has 0 spiro atoms. The van der Waals surface area contributed by atoms with E-state index in [1.165, 1.54) is 64.7 Å². The van der Waals surface area contributed by atoms with Gasteiger partial charge in [-0.3, -0.25) is 9.52 Å². The molecule has 0 atom stereocenters. The molecule has 2 rings (SSSR count). The van der Waals surface area contributed by atoms with Crippen LogP contribution in [0.4, 0.5) is 11.4 Å². The van der Waals surface area contributed by atoms with E-state index in [0.717, 1.165) is 0 Å². The van der Waals surface area contributed by atoms with Crippen molar-refractivity contribution in [2.45, 2.75) is 11.8 Å². The number of benzene rings is 2. The smallest absolute Gasteiger partial charge is 0.340 e. The number of methoxy groups -OCH3 is 3. The van der Waals surface area contributed by atoms with Crippen LogP contribution >= 0.6 is 0 Å². The van der Waals surface area contributed by atoms with E-state index < -0.39 is 16.0 Å². The Bertz CT molecular complexity index is 986. The van der Waals surface area contributed by atoms with E-state index in [2.05, 4.69) is 10.0 Å². The minimum atomic E-state index is -4.03. The molecule has 0 unspecified atom stereocenters. The number of sulfonamides is 1. The van der Waals surface area contributed by atoms with Crippen LogP contribution in [-0.2, 0) is 19.6 Å². The summed E-state index contributed by atoms with van der Waals surface area (Å²) in [5.41, 5.74) is 0.377. The fourth-order valence-electron chi connectivity index (χ4n) is 2.37. The normalized spacial score (nSPS) is 10.7. The predicted octanol–water partition coefficient (Wildman–Crippen LogP) is 2.25. The third-order valence-electron chi connectivity index (χ3n) is 3.66. The molecule has 1 amide bonds. The summed E-state index contributed by atoms with van der Waals surface area (Å²) in [4.78, 5) is 23.1. The highest BCUT2D eigenvalue weighted by atomic mass is 32.2. The van der Waals surface area contributed by atoms with Gasteiger partial charge in [0.25, 0.3) is 10.0 Å². The van der Waals surface area contributed by atoms with Crippen molar-refractivity contribution in [3.8, 4) is 11.5 Å². The molecule has 10 heteroatoms. The molecule has 0 aliphatic heterocycles. The highest BCUT2D eigenvalue weighted by molar-refractivity contribution is 7.92. The zero-order valence-electron chi connectivity index (χ0n) is 15.7. The summed E-state index contributed by atoms with van der Waals surface area (Å²) in [7, 11) is -0.0837. The number of carbonyl (C=O) groups is 2. The molecule has 0 aromatic heterocycles. The molecule has 2 aromatic rings. The molecule has 0 saturated carbocycles. The average Bonchev–Trinajstić information content (AvgIpc) is 2.66. The van der Waals surface area contributed by atoms with E-state index >= 15 is 0 Å². The van der Waals surface area contributed by atoms with E-state index in [-0.39, 0.29) is 33.6 Å². The first-order valence-corrected chi connectivity index (χ1v) is 9.45. The average molecular weight is 408 g/mol. The maximum Gasteiger partial charge on any atom is 0.340 e. The van der Waals surface area contributed by atoms with Gasteiger partial charge in [0.05, 0.1) is 37.5 Å². The number of rotatable bonds is 7. The van der Waals surface area contributed by atoms with E-state index in [0.29, 0.717) is 5.69 Å². The van der Waals surface area contributed by atoms with Crippen LogP contribution in [0.2, 0.25) is 0 Å². The van der Waals surface area contributed by atoms with Gasteiger partial charge in [-0.15, -0.1) is 0 Å². The number of carbonyl (C=O) groups excluding carboxylic acids is 2. The summed E-state index contributed by atoms with van der Waals surface area (Å²) in [6.45, 7) is 1.34. The molecule has 0 aliphatic carbocycles. The molecule has 150 valence electrons. The van der Waals surface area contributed by atoms with Crippen LogP contribution in [0, 0.1) is 0 Å². The molecule has 9 nitrogen and oxygen atoms in total. The Morgan fingerprint density at radius 1 is 0.929 bits per heavy atom. The van der Waals surface area contributed by atoms with Gasteiger partial charge in [-0.1, -0.05) is 0 Å². The van der Waals surface area contributed by atoms with E-state index in [1.54, 1.807) is 0 Å². The van der Waals surface area contributed by atoms with Gasteiger partial charge in [-0.05, 0) is 24.3 Å². The van der Waals surface area contributed by atoms with Crippen molar-refractivity contribution in [3.05, 3.63) is 42.0 Å². The van der Waals surface area contributed by atoms with E-state index in [9.17, 15) is 18.0 Å². The summed E-state index contributed by atoms with van der Waals surface area (Å²) < 4.78 is 42.8. The maximum atomic E-state index is 12.7. The Balaban J connectivity index is 2.44. The van der Waals surface area contributed by atoms with Crippen LogP contribution in [-0.4, -0.2) is 41.6 Å². The third kappa shape index (κ3) is 4.71. The van der Waals surface area contributed by atoms with Crippen LogP contribution in [0.3, 0.4) is 0 Å². The zero-order valence-corrected chi connectivity index (χ0v) is 16.5. The number of anilines is 2. The van der Waals surface area contributed by atoms with Crippen molar-refractivity contribution in [1.82, 2.24) is 0 Å². The summed E-state index contributed by atoms with van der Waals surface area (Å²) in [5, 5.41) is 2.55. The Kier molecular flexibility index (Phi) is 6.47. The van der Waals surface area contributed by atoms with Crippen LogP contribution in [0.25, 0.3) is 0 Å². The summed E-state index contributed by atoms with van der Waals surface area (Å²) >= 11 is 0. The van der Waals surface area contributed by atoms with Gasteiger partial charge in [0, 0.05) is 24.7 Å². The highest BCUT2D eigenvalue weighted by Crippen LogP contribution is 2.34. The van der Waals surface area contributed by atoms with Crippen LogP contribution in [0.5, 0.6) is 11.5 Å². The second-order valence-corrected chi connectivity index (χ2v) is 7.24. The van der Waals surface area contributed by atoms with Crippen LogP contribution in [0.15, 0.2) is 41.3 Å². The van der Waals surface area contributed by atoms with Gasteiger partial charge in [-0.25, -0.2) is 13.2 Å². The SMILES string of the molecule is COC(=O)c1cc(OC)c(OC)cc1NS(=O)(=O)c1ccc(NC(C)=O)cc1. The van der Waals surface area contributed by atoms with Crippen molar-refractivity contribution in [3.63, 3.8) is 0 Å². The van der Waals surface area contributed by atoms with Gasteiger partial charge < -0.3 is 19.5 Å². The van der Waals surface area contributed by atoms with Crippen molar-refractivity contribution in [2.75, 3.05) is 31.4 Å². The van der Waals surface area contributed by atoms with Crippen molar-refractivity contribution in [1.29, 1.82) is 0 Å². The van der Waals surface area contributed by atoms with Crippen molar-refractivity contribution >= 4 is 33.3 Å². The molecular formula is C18H20N2O7S. The fraction of sp³-hybridized carbons (Fsp3) is 0.222. The Morgan fingerprint density at radius 3 is 2.00 bits per heavy atom. The summed E-state index contributed by atoms with van der Waals surface area (Å²) in [6.07, 6.45) is 0. The Labute approximate surface area is 162 Å². The quantitative estimate of drug-likeness (QED) is 0.674. The zero-order chi connectivity index (χ0) is 20.9. The lowest BCUT2D eigenvalue weighted by molar-refractivity contribution is -0.114. The van der Waals surface area contributed by atoms with Gasteiger partial charge in [-0.2, -0.15) is 0 Å². The molecule has 0 aliphatic rings. The second-order valence-electron chi connectivity index (χ2n) is 5.56. The van der Waals surface area contributed by atoms with Crippen LogP contribution < -0.4 is 19.5 Å². The molecular weight excluding hydrogens is 388 g/mol. The number of nitrogens with one attached hydrogen (secondary N) is 2. The summed E-state index contributed by atoms with van der Waals surface area (Å²) in [5.74, 6) is -0.555. The number of hydrogen-bond acceptors (Lipinski definition) is 7. The molecule has 0 saturated heterocycles. The lowest BCUT2D eigenvalue weighted by atomic mass is 10.1. The third-order valence-corrected chi connectivity index (χ3v) is 5.04. The van der Waals surface area contributed by atoms with Gasteiger partial charge in [0.2, 0.25) is 5.91 Å². The fourth-order valence-corrected chi connectivity index (χ4v) is 3.44. The molecule has 28 heavy (non-hydrogen) atoms. The van der Waals surface area contributed by atoms with Crippen molar-refractivity contribution in [2.24, 2.45) is 0 Å². The lowest BCUT2D eigenvalue weighted by Crippen LogP contribution is -2.16. The first-order valence-electron chi connectivity index (χ1n) is 7.96. The molecule has 0 heterocycles. The maximum absolute atomic E-state index is 12.7. The minimum Gasteiger partial charge on any atom is -0.493 e. The molecule has 2 aromatic carbocycles. The number of esters is 1. The largest absolute Gasteiger partial charge is 0.493 e. The standard InChI is InChI=1S/C18H20N2O7S/c1-11(21)19-12-5-7-13(8-6-12)28(23,24)20-15-10-17(26-3)16(25-2)9-14(15)18(22)27-4/h5-10,20H,1-4H3,(H,19,21). The van der Waals surface area contributed by atoms with Gasteiger partial charge >= 0.3 is 5.97 Å². The molecule has 0 bridgehead atoms. The molecule has 0 fully saturated rings. The molecule has 2 N–H and O–H groups in total. The summed E-state index contributed by atoms with van der Waals surface area (Å²) in [6, 6.07) is 8.20. The number of ether oxygens (including phenoxy) is 3. The number of amides is 1. The highest BCUT2D eigenvalue weighted by Gasteiger charge is 2.22.